The van der Waals surface area contributed by atoms with Crippen molar-refractivity contribution in [3.63, 3.8) is 0 Å². The number of nitrogens with zero attached hydrogens (tertiary/aromatic N) is 6. The predicted molar refractivity (Wildman–Crippen MR) is 357 cm³/mol. The highest BCUT2D eigenvalue weighted by Crippen LogP contribution is 2.67. The summed E-state index contributed by atoms with van der Waals surface area (Å²) < 4.78 is 0. The van der Waals surface area contributed by atoms with E-state index in [-0.39, 0.29) is 0 Å². The first kappa shape index (κ1) is 49.6. The predicted octanol–water partition coefficient (Wildman–Crippen LogP) is 19.3. The van der Waals surface area contributed by atoms with Crippen molar-refractivity contribution in [3.05, 3.63) is 383 Å². The molecular weight excluding hydrogens is 1080 g/mol. The maximum Gasteiger partial charge on any atom is 0.116 e. The van der Waals surface area contributed by atoms with Crippen molar-refractivity contribution in [2.75, 3.05) is 9.80 Å². The molecule has 2 aromatic heterocycles. The monoisotopic (exact) mass is 1130 g/mol. The van der Waals surface area contributed by atoms with E-state index in [1.807, 2.05) is 0 Å². The molecule has 0 fully saturated rings. The first-order chi connectivity index (χ1) is 44.2. The highest BCUT2D eigenvalue weighted by atomic mass is 15.2. The van der Waals surface area contributed by atoms with Crippen LogP contribution in [-0.2, 0) is 16.2 Å². The van der Waals surface area contributed by atoms with Crippen LogP contribution in [0.5, 0.6) is 0 Å². The number of para-hydroxylation sites is 6. The van der Waals surface area contributed by atoms with Gasteiger partial charge in [-0.2, -0.15) is 0 Å². The molecule has 3 aliphatic carbocycles. The van der Waals surface area contributed by atoms with Gasteiger partial charge in [0.2, 0.25) is 0 Å². The molecule has 0 saturated carbocycles. The van der Waals surface area contributed by atoms with Crippen LogP contribution in [0, 0.1) is 0 Å². The van der Waals surface area contributed by atoms with E-state index in [2.05, 4.69) is 313 Å². The second-order valence-corrected chi connectivity index (χ2v) is 23.9. The molecule has 6 heteroatoms. The van der Waals surface area contributed by atoms with Gasteiger partial charge in [-0.05, 0) is 150 Å². The van der Waals surface area contributed by atoms with Crippen molar-refractivity contribution < 1.29 is 0 Å². The lowest BCUT2D eigenvalue weighted by Gasteiger charge is -2.45. The second kappa shape index (κ2) is 18.7. The number of rotatable bonds is 6. The van der Waals surface area contributed by atoms with Crippen LogP contribution in [0.4, 0.5) is 34.1 Å². The maximum absolute atomic E-state index is 5.45. The van der Waals surface area contributed by atoms with Crippen molar-refractivity contribution in [1.29, 1.82) is 0 Å². The lowest BCUT2D eigenvalue weighted by atomic mass is 9.64. The van der Waals surface area contributed by atoms with Crippen molar-refractivity contribution >= 4 is 34.1 Å². The van der Waals surface area contributed by atoms with Crippen LogP contribution < -0.4 is 9.80 Å². The maximum atomic E-state index is 5.45. The van der Waals surface area contributed by atoms with Gasteiger partial charge in [-0.3, -0.25) is 0 Å². The van der Waals surface area contributed by atoms with Crippen LogP contribution in [0.15, 0.2) is 316 Å². The molecule has 19 rings (SSSR count). The van der Waals surface area contributed by atoms with Gasteiger partial charge in [0, 0.05) is 22.5 Å². The van der Waals surface area contributed by atoms with Gasteiger partial charge < -0.3 is 9.80 Å². The van der Waals surface area contributed by atoms with Crippen molar-refractivity contribution in [2.24, 2.45) is 0 Å². The molecule has 0 amide bonds. The molecular formula is C83H52N6. The topological polar surface area (TPSA) is 58.0 Å². The van der Waals surface area contributed by atoms with Gasteiger partial charge in [0.15, 0.2) is 0 Å². The Balaban J connectivity index is 0.820. The molecule has 0 N–H and O–H groups in total. The Bertz CT molecular complexity index is 4840. The first-order valence-electron chi connectivity index (χ1n) is 30.6. The zero-order valence-corrected chi connectivity index (χ0v) is 48.2. The molecule has 0 bridgehead atoms. The minimum atomic E-state index is -0.985. The molecule has 2 spiro atoms. The zero-order chi connectivity index (χ0) is 58.4. The van der Waals surface area contributed by atoms with Crippen molar-refractivity contribution in [1.82, 2.24) is 19.9 Å². The first-order valence-corrected chi connectivity index (χ1v) is 30.6. The van der Waals surface area contributed by atoms with E-state index in [9.17, 15) is 0 Å². The van der Waals surface area contributed by atoms with E-state index in [1.165, 1.54) is 66.8 Å². The Morgan fingerprint density at radius 1 is 0.213 bits per heavy atom. The third-order valence-corrected chi connectivity index (χ3v) is 20.0. The van der Waals surface area contributed by atoms with Crippen LogP contribution in [-0.4, -0.2) is 19.9 Å². The molecule has 12 aromatic carbocycles. The third-order valence-electron chi connectivity index (χ3n) is 20.0. The Morgan fingerprint density at radius 2 is 0.494 bits per heavy atom. The summed E-state index contributed by atoms with van der Waals surface area (Å²) in [6, 6.07) is 111. The summed E-state index contributed by atoms with van der Waals surface area (Å²) in [5.74, 6) is 0. The lowest BCUT2D eigenvalue weighted by molar-refractivity contribution is 0.699. The summed E-state index contributed by atoms with van der Waals surface area (Å²) in [5, 5.41) is 0. The third kappa shape index (κ3) is 6.43. The number of hydrogen-bond donors (Lipinski definition) is 0. The quantitative estimate of drug-likeness (QED) is 0.165. The normalized spacial score (nSPS) is 14.7. The van der Waals surface area contributed by atoms with Gasteiger partial charge in [-0.15, -0.1) is 0 Å². The SMILES string of the molecule is c1ccc(N2c3ccccc3C3(c4ccccc4-c4c(-c5cc(C6(c7cc(-c8cccc9c8-c8ccccc8C98c9ccccc9N(c9ccccc9)c9ccccc98)ncn7)c7ccccc7-c7ccccc76)ncn5)cccc43)c3ccccc32)cc1. The largest absolute Gasteiger partial charge is 0.310 e. The van der Waals surface area contributed by atoms with E-state index in [0.717, 1.165) is 90.3 Å². The standard InChI is InChI=1S/C83H52N6/c1-3-25-53(26-4-1)88-73-45-19-15-39-65(73)81(66-40-16-20-46-74(66)88)63-37-13-9-31-57(63)79-59(33-23-43-69(79)81)71-49-77(86-51-84-71)83(61-35-11-7-29-55(61)56-30-8-12-36-62(56)83)78-50-72(85-52-87-78)60-34-24-44-70-80(60)58-32-10-14-38-64(58)82(70)67-41-17-21-47-75(67)89(54-27-5-2-6-28-54)76-48-22-18-42-68(76)82/h1-52H. The fourth-order valence-electron chi connectivity index (χ4n) is 16.8. The molecule has 0 atom stereocenters. The highest BCUT2D eigenvalue weighted by Gasteiger charge is 2.55. The molecule has 89 heavy (non-hydrogen) atoms. The van der Waals surface area contributed by atoms with E-state index in [0.29, 0.717) is 0 Å². The Morgan fingerprint density at radius 3 is 0.865 bits per heavy atom. The Kier molecular flexibility index (Phi) is 10.4. The van der Waals surface area contributed by atoms with Gasteiger partial charge in [-0.1, -0.05) is 243 Å². The zero-order valence-electron chi connectivity index (χ0n) is 48.2. The van der Waals surface area contributed by atoms with E-state index in [1.54, 1.807) is 12.7 Å². The molecule has 4 heterocycles. The van der Waals surface area contributed by atoms with Crippen LogP contribution in [0.2, 0.25) is 0 Å². The highest BCUT2D eigenvalue weighted by molar-refractivity contribution is 6.02. The molecule has 0 saturated heterocycles. The number of anilines is 6. The molecule has 0 radical (unpaired) electrons. The number of aromatic nitrogens is 4. The van der Waals surface area contributed by atoms with Crippen LogP contribution in [0.25, 0.3) is 55.9 Å². The molecule has 6 nitrogen and oxygen atoms in total. The van der Waals surface area contributed by atoms with Crippen LogP contribution >= 0.6 is 0 Å². The molecule has 0 unspecified atom stereocenters. The average molecular weight is 1130 g/mol. The summed E-state index contributed by atoms with van der Waals surface area (Å²) in [4.78, 5) is 26.4. The molecule has 5 aliphatic rings. The van der Waals surface area contributed by atoms with E-state index >= 15 is 0 Å². The lowest BCUT2D eigenvalue weighted by Crippen LogP contribution is -2.36. The minimum absolute atomic E-state index is 0.637. The average Bonchev–Trinajstić information content (AvgIpc) is 1.61. The summed E-state index contributed by atoms with van der Waals surface area (Å²) in [6.45, 7) is 0. The Hall–Kier alpha value is -11.6. The van der Waals surface area contributed by atoms with Gasteiger partial charge >= 0.3 is 0 Å². The number of benzene rings is 12. The number of hydrogen-bond acceptors (Lipinski definition) is 6. The Labute approximate surface area is 516 Å². The van der Waals surface area contributed by atoms with Gasteiger partial charge in [0.05, 0.1) is 56.4 Å². The number of fused-ring (bicyclic) bond motifs is 21. The van der Waals surface area contributed by atoms with E-state index in [4.69, 9.17) is 19.9 Å². The fraction of sp³-hybridized carbons (Fsp3) is 0.0361. The van der Waals surface area contributed by atoms with Gasteiger partial charge in [0.25, 0.3) is 0 Å². The summed E-state index contributed by atoms with van der Waals surface area (Å²) in [5.41, 5.74) is 29.1. The van der Waals surface area contributed by atoms with Crippen LogP contribution in [0.3, 0.4) is 0 Å². The van der Waals surface area contributed by atoms with Crippen LogP contribution in [0.1, 0.15) is 67.0 Å². The minimum Gasteiger partial charge on any atom is -0.310 e. The summed E-state index contributed by atoms with van der Waals surface area (Å²) >= 11 is 0. The molecule has 2 aliphatic heterocycles. The summed E-state index contributed by atoms with van der Waals surface area (Å²) in [7, 11) is 0. The molecule has 414 valence electrons. The summed E-state index contributed by atoms with van der Waals surface area (Å²) in [6.07, 6.45) is 3.55. The van der Waals surface area contributed by atoms with E-state index < -0.39 is 16.2 Å². The van der Waals surface area contributed by atoms with Gasteiger partial charge in [-0.25, -0.2) is 19.9 Å². The van der Waals surface area contributed by atoms with Gasteiger partial charge in [0.1, 0.15) is 18.1 Å². The smallest absolute Gasteiger partial charge is 0.116 e. The fourth-order valence-corrected chi connectivity index (χ4v) is 16.8. The van der Waals surface area contributed by atoms with Crippen molar-refractivity contribution in [2.45, 2.75) is 16.2 Å². The molecule has 14 aromatic rings. The second-order valence-electron chi connectivity index (χ2n) is 23.9. The van der Waals surface area contributed by atoms with Crippen molar-refractivity contribution in [3.8, 4) is 55.9 Å².